The second-order valence-electron chi connectivity index (χ2n) is 2.75. The molecule has 1 heterocycles. The number of primary sulfonamides is 1. The molecule has 3 N–H and O–H groups in total. The van der Waals surface area contributed by atoms with Gasteiger partial charge in [-0.2, -0.15) is 5.26 Å². The van der Waals surface area contributed by atoms with Crippen molar-refractivity contribution in [1.82, 2.24) is 4.98 Å². The van der Waals surface area contributed by atoms with Gasteiger partial charge < -0.3 is 4.98 Å². The molecule has 0 aliphatic carbocycles. The summed E-state index contributed by atoms with van der Waals surface area (Å²) in [5.74, 6) is 0. The van der Waals surface area contributed by atoms with Gasteiger partial charge in [-0.05, 0) is 0 Å². The number of hydrogen-bond donors (Lipinski definition) is 2. The van der Waals surface area contributed by atoms with Gasteiger partial charge in [-0.1, -0.05) is 0 Å². The summed E-state index contributed by atoms with van der Waals surface area (Å²) in [7, 11) is -4.44. The number of hydrogen-bond acceptors (Lipinski definition) is 4. The van der Waals surface area contributed by atoms with E-state index in [1.807, 2.05) is 0 Å². The van der Waals surface area contributed by atoms with Gasteiger partial charge in [0.2, 0.25) is 5.56 Å². The summed E-state index contributed by atoms with van der Waals surface area (Å²) >= 11 is 0. The third-order valence-corrected chi connectivity index (χ3v) is 2.55. The van der Waals surface area contributed by atoms with Crippen molar-refractivity contribution in [3.63, 3.8) is 0 Å². The molecule has 6 nitrogen and oxygen atoms in total. The lowest BCUT2D eigenvalue weighted by Gasteiger charge is -2.05. The molecule has 0 spiro atoms. The number of nitrogens with one attached hydrogen (secondary N) is 1. The number of halogens is 2. The highest BCUT2D eigenvalue weighted by Gasteiger charge is 2.23. The Kier molecular flexibility index (Phi) is 3.06. The Balaban J connectivity index is 3.78. The van der Waals surface area contributed by atoms with Gasteiger partial charge in [-0.15, -0.1) is 0 Å². The minimum atomic E-state index is -4.44. The lowest BCUT2D eigenvalue weighted by atomic mass is 10.1. The lowest BCUT2D eigenvalue weighted by molar-refractivity contribution is 0.150. The van der Waals surface area contributed by atoms with E-state index in [2.05, 4.69) is 5.14 Å². The zero-order valence-corrected chi connectivity index (χ0v) is 8.38. The van der Waals surface area contributed by atoms with Crippen LogP contribution in [0.2, 0.25) is 0 Å². The monoisotopic (exact) mass is 249 g/mol. The van der Waals surface area contributed by atoms with E-state index in [-0.39, 0.29) is 0 Å². The molecule has 16 heavy (non-hydrogen) atoms. The first-order chi connectivity index (χ1) is 7.27. The van der Waals surface area contributed by atoms with E-state index in [9.17, 15) is 22.0 Å². The highest BCUT2D eigenvalue weighted by Crippen LogP contribution is 2.23. The number of rotatable bonds is 2. The predicted molar refractivity (Wildman–Crippen MR) is 48.1 cm³/mol. The molecule has 86 valence electrons. The maximum absolute atomic E-state index is 12.4. The molecule has 0 saturated carbocycles. The molecule has 0 fully saturated rings. The van der Waals surface area contributed by atoms with Gasteiger partial charge in [-0.25, -0.2) is 22.3 Å². The van der Waals surface area contributed by atoms with Crippen LogP contribution in [0.3, 0.4) is 0 Å². The second-order valence-corrected chi connectivity index (χ2v) is 4.25. The lowest BCUT2D eigenvalue weighted by Crippen LogP contribution is -2.22. The maximum atomic E-state index is 12.4. The smallest absolute Gasteiger partial charge is 0.265 e. The minimum absolute atomic E-state index is 0.456. The molecule has 0 saturated heterocycles. The quantitative estimate of drug-likeness (QED) is 0.756. The maximum Gasteiger partial charge on any atom is 0.265 e. The number of H-pyrrole nitrogens is 1. The van der Waals surface area contributed by atoms with Crippen LogP contribution in [0.5, 0.6) is 0 Å². The summed E-state index contributed by atoms with van der Waals surface area (Å²) in [5.41, 5.74) is -2.88. The molecule has 0 atom stereocenters. The van der Waals surface area contributed by atoms with Crippen LogP contribution in [-0.4, -0.2) is 13.4 Å². The number of aromatic nitrogens is 1. The Morgan fingerprint density at radius 1 is 1.50 bits per heavy atom. The summed E-state index contributed by atoms with van der Waals surface area (Å²) in [6.45, 7) is 0. The first-order valence-corrected chi connectivity index (χ1v) is 5.30. The Labute approximate surface area is 88.4 Å². The van der Waals surface area contributed by atoms with Crippen LogP contribution in [0.25, 0.3) is 0 Å². The number of nitriles is 1. The number of nitrogens with two attached hydrogens (primary N) is 1. The van der Waals surface area contributed by atoms with E-state index in [0.717, 1.165) is 0 Å². The van der Waals surface area contributed by atoms with Crippen molar-refractivity contribution < 1.29 is 17.2 Å². The van der Waals surface area contributed by atoms with Crippen LogP contribution in [0.1, 0.15) is 17.6 Å². The average Bonchev–Trinajstić information content (AvgIpc) is 2.14. The van der Waals surface area contributed by atoms with Gasteiger partial charge in [0, 0.05) is 11.6 Å². The molecular formula is C7H5F2N3O3S. The Morgan fingerprint density at radius 2 is 2.06 bits per heavy atom. The Bertz CT molecular complexity index is 615. The zero-order valence-electron chi connectivity index (χ0n) is 7.57. The summed E-state index contributed by atoms with van der Waals surface area (Å²) < 4.78 is 46.7. The SMILES string of the molecule is N#Cc1c(C(F)F)cc(=O)[nH]c1S(N)(=O)=O. The number of alkyl halides is 2. The van der Waals surface area contributed by atoms with Crippen LogP contribution >= 0.6 is 0 Å². The number of sulfonamides is 1. The molecule has 0 bridgehead atoms. The van der Waals surface area contributed by atoms with Crippen LogP contribution in [0, 0.1) is 11.3 Å². The van der Waals surface area contributed by atoms with Crippen LogP contribution < -0.4 is 10.7 Å². The van der Waals surface area contributed by atoms with E-state index in [4.69, 9.17) is 5.26 Å². The van der Waals surface area contributed by atoms with Gasteiger partial charge in [-0.3, -0.25) is 4.79 Å². The van der Waals surface area contributed by atoms with E-state index in [0.29, 0.717) is 6.07 Å². The molecule has 1 rings (SSSR count). The second kappa shape index (κ2) is 3.99. The van der Waals surface area contributed by atoms with Crippen molar-refractivity contribution in [3.8, 4) is 6.07 Å². The highest BCUT2D eigenvalue weighted by atomic mass is 32.2. The fraction of sp³-hybridized carbons (Fsp3) is 0.143. The molecule has 0 unspecified atom stereocenters. The van der Waals surface area contributed by atoms with Gasteiger partial charge in [0.25, 0.3) is 16.4 Å². The molecule has 1 aromatic rings. The fourth-order valence-corrected chi connectivity index (χ4v) is 1.75. The molecule has 9 heteroatoms. The highest BCUT2D eigenvalue weighted by molar-refractivity contribution is 7.89. The first-order valence-electron chi connectivity index (χ1n) is 3.75. The first kappa shape index (κ1) is 12.3. The number of pyridine rings is 1. The molecule has 0 aliphatic rings. The van der Waals surface area contributed by atoms with Gasteiger partial charge >= 0.3 is 0 Å². The average molecular weight is 249 g/mol. The van der Waals surface area contributed by atoms with E-state index in [1.165, 1.54) is 6.07 Å². The minimum Gasteiger partial charge on any atom is -0.311 e. The summed E-state index contributed by atoms with van der Waals surface area (Å²) in [4.78, 5) is 12.6. The van der Waals surface area contributed by atoms with E-state index in [1.54, 1.807) is 4.98 Å². The molecule has 1 aromatic heterocycles. The number of aromatic amines is 1. The third-order valence-electron chi connectivity index (χ3n) is 1.67. The molecule has 0 aliphatic heterocycles. The predicted octanol–water partition coefficient (Wildman–Crippen LogP) is -0.168. The standard InChI is InChI=1S/C7H5F2N3O3S/c8-6(9)3-1-5(13)12-7(4(3)2-10)16(11,14)15/h1,6H,(H,12,13)(H2,11,14,15). The van der Waals surface area contributed by atoms with Crippen molar-refractivity contribution in [1.29, 1.82) is 5.26 Å². The van der Waals surface area contributed by atoms with Crippen LogP contribution in [-0.2, 0) is 10.0 Å². The molecule has 0 amide bonds. The van der Waals surface area contributed by atoms with E-state index >= 15 is 0 Å². The van der Waals surface area contributed by atoms with Crippen LogP contribution in [0.15, 0.2) is 15.9 Å². The number of nitrogens with zero attached hydrogens (tertiary/aromatic N) is 1. The van der Waals surface area contributed by atoms with Gasteiger partial charge in [0.1, 0.15) is 6.07 Å². The molecular weight excluding hydrogens is 244 g/mol. The Morgan fingerprint density at radius 3 is 2.44 bits per heavy atom. The van der Waals surface area contributed by atoms with Crippen molar-refractivity contribution in [2.45, 2.75) is 11.5 Å². The fourth-order valence-electron chi connectivity index (χ4n) is 1.06. The molecule has 0 radical (unpaired) electrons. The van der Waals surface area contributed by atoms with Crippen molar-refractivity contribution in [2.75, 3.05) is 0 Å². The van der Waals surface area contributed by atoms with Crippen molar-refractivity contribution in [3.05, 3.63) is 27.5 Å². The van der Waals surface area contributed by atoms with Gasteiger partial charge in [0.05, 0.1) is 5.56 Å². The summed E-state index contributed by atoms with van der Waals surface area (Å²) in [6.07, 6.45) is -3.14. The molecule has 0 aromatic carbocycles. The zero-order chi connectivity index (χ0) is 12.5. The normalized spacial score (nSPS) is 11.4. The largest absolute Gasteiger partial charge is 0.311 e. The van der Waals surface area contributed by atoms with Crippen molar-refractivity contribution >= 4 is 10.0 Å². The summed E-state index contributed by atoms with van der Waals surface area (Å²) in [5, 5.41) is 12.3. The van der Waals surface area contributed by atoms with Crippen molar-refractivity contribution in [2.24, 2.45) is 5.14 Å². The van der Waals surface area contributed by atoms with Gasteiger partial charge in [0.15, 0.2) is 5.03 Å². The third kappa shape index (κ3) is 2.23. The Hall–Kier alpha value is -1.79. The van der Waals surface area contributed by atoms with E-state index < -0.39 is 38.2 Å². The topological polar surface area (TPSA) is 117 Å². The summed E-state index contributed by atoms with van der Waals surface area (Å²) in [6, 6.07) is 1.73. The van der Waals surface area contributed by atoms with Crippen LogP contribution in [0.4, 0.5) is 8.78 Å².